The molecule has 166 valence electrons. The number of nitrogens with zero attached hydrogens (tertiary/aromatic N) is 8. The molecule has 10 heteroatoms. The first kappa shape index (κ1) is 21.2. The molecule has 10 nitrogen and oxygen atoms in total. The van der Waals surface area contributed by atoms with Crippen LogP contribution in [-0.2, 0) is 4.79 Å². The number of hydrogen-bond acceptors (Lipinski definition) is 9. The molecule has 0 atom stereocenters. The van der Waals surface area contributed by atoms with Crippen molar-refractivity contribution in [3.05, 3.63) is 29.8 Å². The topological polar surface area (TPSA) is 90.8 Å². The lowest BCUT2D eigenvalue weighted by atomic mass is 10.3. The third-order valence-corrected chi connectivity index (χ3v) is 5.69. The molecule has 31 heavy (non-hydrogen) atoms. The Hall–Kier alpha value is -3.01. The fourth-order valence-electron chi connectivity index (χ4n) is 3.79. The first-order valence-corrected chi connectivity index (χ1v) is 10.7. The zero-order valence-electron chi connectivity index (χ0n) is 18.5. The van der Waals surface area contributed by atoms with E-state index >= 15 is 0 Å². The lowest BCUT2D eigenvalue weighted by Crippen LogP contribution is -2.50. The monoisotopic (exact) mass is 426 g/mol. The number of aryl methyl sites for hydroxylation is 2. The molecule has 2 aliphatic rings. The van der Waals surface area contributed by atoms with Crippen LogP contribution < -0.4 is 14.5 Å². The lowest BCUT2D eigenvalue weighted by Gasteiger charge is -2.36. The summed E-state index contributed by atoms with van der Waals surface area (Å²) in [6.07, 6.45) is 1.63. The summed E-state index contributed by atoms with van der Waals surface area (Å²) in [7, 11) is 2.15. The average Bonchev–Trinajstić information content (AvgIpc) is 2.78. The summed E-state index contributed by atoms with van der Waals surface area (Å²) in [6, 6.07) is 4.10. The van der Waals surface area contributed by atoms with Crippen LogP contribution in [0.4, 0.5) is 11.6 Å². The van der Waals surface area contributed by atoms with Crippen molar-refractivity contribution in [2.75, 3.05) is 75.8 Å². The molecule has 0 spiro atoms. The number of ether oxygens (including phenoxy) is 1. The summed E-state index contributed by atoms with van der Waals surface area (Å²) >= 11 is 0. The largest absolute Gasteiger partial charge is 0.453 e. The van der Waals surface area contributed by atoms with Crippen molar-refractivity contribution >= 4 is 17.5 Å². The Morgan fingerprint density at radius 3 is 2.16 bits per heavy atom. The van der Waals surface area contributed by atoms with Gasteiger partial charge in [0.15, 0.2) is 6.61 Å². The van der Waals surface area contributed by atoms with Crippen LogP contribution in [0.25, 0.3) is 0 Å². The van der Waals surface area contributed by atoms with Gasteiger partial charge in [-0.2, -0.15) is 0 Å². The number of hydrogen-bond donors (Lipinski definition) is 0. The van der Waals surface area contributed by atoms with E-state index in [-0.39, 0.29) is 18.5 Å². The maximum atomic E-state index is 12.5. The minimum Gasteiger partial charge on any atom is -0.453 e. The molecule has 0 bridgehead atoms. The van der Waals surface area contributed by atoms with Crippen LogP contribution in [0.3, 0.4) is 0 Å². The Bertz CT molecular complexity index is 908. The van der Waals surface area contributed by atoms with Crippen molar-refractivity contribution in [1.82, 2.24) is 29.7 Å². The highest BCUT2D eigenvalue weighted by molar-refractivity contribution is 5.78. The number of anilines is 2. The minimum atomic E-state index is -0.0539. The van der Waals surface area contributed by atoms with Gasteiger partial charge in [0.05, 0.1) is 0 Å². The molecule has 0 aromatic carbocycles. The van der Waals surface area contributed by atoms with Gasteiger partial charge in [0.2, 0.25) is 0 Å². The lowest BCUT2D eigenvalue weighted by molar-refractivity contribution is -0.133. The van der Waals surface area contributed by atoms with E-state index in [1.54, 1.807) is 12.3 Å². The third-order valence-electron chi connectivity index (χ3n) is 5.69. The molecule has 1 amide bonds. The number of amides is 1. The van der Waals surface area contributed by atoms with E-state index in [4.69, 9.17) is 4.74 Å². The van der Waals surface area contributed by atoms with Crippen LogP contribution in [0.15, 0.2) is 18.3 Å². The van der Waals surface area contributed by atoms with E-state index in [0.29, 0.717) is 13.1 Å². The first-order valence-electron chi connectivity index (χ1n) is 10.7. The molecule has 0 saturated carbocycles. The second-order valence-electron chi connectivity index (χ2n) is 8.06. The van der Waals surface area contributed by atoms with Crippen molar-refractivity contribution in [2.45, 2.75) is 13.8 Å². The van der Waals surface area contributed by atoms with Crippen molar-refractivity contribution in [3.8, 4) is 6.01 Å². The fourth-order valence-corrected chi connectivity index (χ4v) is 3.79. The molecule has 0 aliphatic carbocycles. The Morgan fingerprint density at radius 1 is 0.935 bits per heavy atom. The summed E-state index contributed by atoms with van der Waals surface area (Å²) in [5, 5.41) is 0. The quantitative estimate of drug-likeness (QED) is 0.672. The maximum absolute atomic E-state index is 12.5. The van der Waals surface area contributed by atoms with E-state index in [2.05, 4.69) is 47.7 Å². The predicted molar refractivity (Wildman–Crippen MR) is 118 cm³/mol. The highest BCUT2D eigenvalue weighted by Crippen LogP contribution is 2.21. The van der Waals surface area contributed by atoms with Gasteiger partial charge in [-0.05, 0) is 27.0 Å². The van der Waals surface area contributed by atoms with Crippen LogP contribution >= 0.6 is 0 Å². The average molecular weight is 427 g/mol. The van der Waals surface area contributed by atoms with E-state index in [0.717, 1.165) is 62.4 Å². The highest BCUT2D eigenvalue weighted by atomic mass is 16.5. The van der Waals surface area contributed by atoms with Gasteiger partial charge in [-0.15, -0.1) is 0 Å². The zero-order valence-corrected chi connectivity index (χ0v) is 18.5. The van der Waals surface area contributed by atoms with Crippen LogP contribution in [-0.4, -0.2) is 102 Å². The zero-order chi connectivity index (χ0) is 21.8. The molecule has 2 aromatic heterocycles. The first-order chi connectivity index (χ1) is 15.0. The summed E-state index contributed by atoms with van der Waals surface area (Å²) in [5.41, 5.74) is 0.808. The smallest absolute Gasteiger partial charge is 0.317 e. The van der Waals surface area contributed by atoms with E-state index in [9.17, 15) is 4.79 Å². The number of rotatable bonds is 5. The van der Waals surface area contributed by atoms with Gasteiger partial charge in [-0.3, -0.25) is 4.79 Å². The van der Waals surface area contributed by atoms with Gasteiger partial charge >= 0.3 is 6.01 Å². The van der Waals surface area contributed by atoms with Crippen molar-refractivity contribution < 1.29 is 9.53 Å². The summed E-state index contributed by atoms with van der Waals surface area (Å²) in [4.78, 5) is 38.7. The van der Waals surface area contributed by atoms with Gasteiger partial charge in [0, 0.05) is 70.3 Å². The van der Waals surface area contributed by atoms with Crippen molar-refractivity contribution in [3.63, 3.8) is 0 Å². The molecule has 0 unspecified atom stereocenters. The van der Waals surface area contributed by atoms with E-state index < -0.39 is 0 Å². The molecule has 2 aliphatic heterocycles. The number of aromatic nitrogens is 4. The molecule has 0 N–H and O–H groups in total. The maximum Gasteiger partial charge on any atom is 0.317 e. The van der Waals surface area contributed by atoms with E-state index in [1.807, 2.05) is 18.7 Å². The summed E-state index contributed by atoms with van der Waals surface area (Å²) in [5.74, 6) is 2.64. The van der Waals surface area contributed by atoms with Gasteiger partial charge in [0.25, 0.3) is 5.91 Å². The predicted octanol–water partition coefficient (Wildman–Crippen LogP) is 0.363. The fraction of sp³-hybridized carbons (Fsp3) is 0.571. The van der Waals surface area contributed by atoms with E-state index in [1.165, 1.54) is 0 Å². The summed E-state index contributed by atoms with van der Waals surface area (Å²) in [6.45, 7) is 10.5. The van der Waals surface area contributed by atoms with Gasteiger partial charge < -0.3 is 24.3 Å². The Kier molecular flexibility index (Phi) is 6.45. The van der Waals surface area contributed by atoms with Crippen LogP contribution in [0.1, 0.15) is 11.5 Å². The summed E-state index contributed by atoms with van der Waals surface area (Å²) < 4.78 is 5.46. The molecular weight excluding hydrogens is 396 g/mol. The molecule has 2 aromatic rings. The molecule has 0 radical (unpaired) electrons. The normalized spacial score (nSPS) is 17.7. The number of likely N-dealkylation sites (N-methyl/N-ethyl adjacent to an activating group) is 1. The van der Waals surface area contributed by atoms with Crippen molar-refractivity contribution in [2.24, 2.45) is 0 Å². The van der Waals surface area contributed by atoms with Crippen LogP contribution in [0.5, 0.6) is 6.01 Å². The second kappa shape index (κ2) is 9.42. The number of piperazine rings is 2. The SMILES string of the molecule is Cc1ccnc(OCC(=O)N2CCN(c3cc(N4CCN(C)CC4)nc(C)n3)CC2)n1. The van der Waals surface area contributed by atoms with Gasteiger partial charge in [-0.25, -0.2) is 19.9 Å². The second-order valence-corrected chi connectivity index (χ2v) is 8.06. The standard InChI is InChI=1S/C21H30N8O2/c1-16-4-5-22-21(23-16)31-15-20(30)29-12-10-28(11-13-29)19-14-18(24-17(2)25-19)27-8-6-26(3)7-9-27/h4-5,14H,6-13,15H2,1-3H3. The van der Waals surface area contributed by atoms with Crippen LogP contribution in [0.2, 0.25) is 0 Å². The minimum absolute atomic E-state index is 0.0520. The molecular formula is C21H30N8O2. The highest BCUT2D eigenvalue weighted by Gasteiger charge is 2.24. The van der Waals surface area contributed by atoms with Gasteiger partial charge in [-0.1, -0.05) is 0 Å². The Balaban J connectivity index is 1.32. The Morgan fingerprint density at radius 2 is 1.55 bits per heavy atom. The molecule has 4 heterocycles. The molecule has 2 saturated heterocycles. The molecule has 2 fully saturated rings. The third kappa shape index (κ3) is 5.38. The molecule has 4 rings (SSSR count). The number of carbonyl (C=O) groups is 1. The van der Waals surface area contributed by atoms with Crippen LogP contribution in [0, 0.1) is 13.8 Å². The van der Waals surface area contributed by atoms with Gasteiger partial charge in [0.1, 0.15) is 17.5 Å². The van der Waals surface area contributed by atoms with Crippen molar-refractivity contribution in [1.29, 1.82) is 0 Å². The number of carbonyl (C=O) groups excluding carboxylic acids is 1. The Labute approximate surface area is 182 Å².